The molecule has 3 aromatic heterocycles. The van der Waals surface area contributed by atoms with E-state index in [-0.39, 0.29) is 5.41 Å². The van der Waals surface area contributed by atoms with Gasteiger partial charge < -0.3 is 14.5 Å². The number of piperidine rings is 1. The number of alkyl halides is 3. The maximum Gasteiger partial charge on any atom is 0.451 e. The van der Waals surface area contributed by atoms with Crippen LogP contribution < -0.4 is 14.5 Å². The van der Waals surface area contributed by atoms with Crippen LogP contribution in [0.25, 0.3) is 11.2 Å². The fourth-order valence-electron chi connectivity index (χ4n) is 4.66. The Hall–Kier alpha value is -3.18. The van der Waals surface area contributed by atoms with Crippen molar-refractivity contribution in [2.75, 3.05) is 43.1 Å². The first-order valence-corrected chi connectivity index (χ1v) is 10.4. The van der Waals surface area contributed by atoms with Gasteiger partial charge in [0, 0.05) is 37.9 Å². The van der Waals surface area contributed by atoms with Crippen LogP contribution in [-0.2, 0) is 6.18 Å². The molecule has 0 radical (unpaired) electrons. The average Bonchev–Trinajstić information content (AvgIpc) is 3.37. The lowest BCUT2D eigenvalue weighted by Crippen LogP contribution is -2.42. The molecular formula is C20H23F3N8O. The van der Waals surface area contributed by atoms with Crippen LogP contribution in [0.1, 0.15) is 30.8 Å². The Balaban J connectivity index is 1.28. The van der Waals surface area contributed by atoms with Gasteiger partial charge in [-0.25, -0.2) is 19.9 Å². The molecule has 1 N–H and O–H groups in total. The predicted molar refractivity (Wildman–Crippen MR) is 111 cm³/mol. The summed E-state index contributed by atoms with van der Waals surface area (Å²) in [6.07, 6.45) is -0.0584. The van der Waals surface area contributed by atoms with E-state index in [0.717, 1.165) is 38.2 Å². The first kappa shape index (κ1) is 20.7. The molecule has 12 heteroatoms. The second kappa shape index (κ2) is 7.45. The van der Waals surface area contributed by atoms with Gasteiger partial charge in [0.05, 0.1) is 13.3 Å². The molecule has 170 valence electrons. The number of ether oxygens (including phenoxy) is 1. The quantitative estimate of drug-likeness (QED) is 0.654. The van der Waals surface area contributed by atoms with Crippen LogP contribution >= 0.6 is 0 Å². The van der Waals surface area contributed by atoms with Crippen molar-refractivity contribution in [2.45, 2.75) is 32.4 Å². The molecule has 0 atom stereocenters. The normalized spacial score (nSPS) is 18.7. The zero-order chi connectivity index (χ0) is 22.5. The molecule has 3 aromatic rings. The van der Waals surface area contributed by atoms with Gasteiger partial charge in [-0.1, -0.05) is 0 Å². The van der Waals surface area contributed by atoms with Gasteiger partial charge in [0.15, 0.2) is 11.2 Å². The molecule has 0 unspecified atom stereocenters. The number of nitrogens with zero attached hydrogens (tertiary/aromatic N) is 7. The number of H-pyrrole nitrogens is 1. The van der Waals surface area contributed by atoms with Gasteiger partial charge in [-0.15, -0.1) is 5.10 Å². The van der Waals surface area contributed by atoms with Gasteiger partial charge in [-0.05, 0) is 31.6 Å². The summed E-state index contributed by atoms with van der Waals surface area (Å²) in [7, 11) is 1.53. The van der Waals surface area contributed by atoms with E-state index >= 15 is 0 Å². The second-order valence-electron chi connectivity index (χ2n) is 8.51. The lowest BCUT2D eigenvalue weighted by Gasteiger charge is -2.39. The smallest absolute Gasteiger partial charge is 0.451 e. The third-order valence-electron chi connectivity index (χ3n) is 6.42. The molecule has 0 aromatic carbocycles. The summed E-state index contributed by atoms with van der Waals surface area (Å²) >= 11 is 0. The summed E-state index contributed by atoms with van der Waals surface area (Å²) in [6, 6.07) is 1.63. The van der Waals surface area contributed by atoms with Crippen LogP contribution in [0.3, 0.4) is 0 Å². The van der Waals surface area contributed by atoms with E-state index in [9.17, 15) is 13.2 Å². The number of rotatable bonds is 3. The number of fused-ring (bicyclic) bond motifs is 1. The molecule has 0 bridgehead atoms. The summed E-state index contributed by atoms with van der Waals surface area (Å²) in [5.74, 6) is 0.465. The van der Waals surface area contributed by atoms with Gasteiger partial charge in [-0.2, -0.15) is 13.2 Å². The summed E-state index contributed by atoms with van der Waals surface area (Å²) in [4.78, 5) is 20.6. The standard InChI is InChI=1S/C20H23F3N8O/c1-12-9-13(27-18(25-12)20(21,22)23)31-8-5-19(11-31)3-6-30(7-4-19)14-10-24-15-16(26-14)28-29-17(15)32-2/h9-10H,3-8,11H2,1-2H3,(H,26,28,29). The van der Waals surface area contributed by atoms with Crippen molar-refractivity contribution in [1.82, 2.24) is 30.1 Å². The summed E-state index contributed by atoms with van der Waals surface area (Å²) in [6.45, 7) is 4.55. The Morgan fingerprint density at radius 3 is 2.44 bits per heavy atom. The predicted octanol–water partition coefficient (Wildman–Crippen LogP) is 2.98. The zero-order valence-electron chi connectivity index (χ0n) is 17.8. The third kappa shape index (κ3) is 3.67. The van der Waals surface area contributed by atoms with Crippen LogP contribution in [0.2, 0.25) is 0 Å². The average molecular weight is 448 g/mol. The Morgan fingerprint density at radius 2 is 1.75 bits per heavy atom. The highest BCUT2D eigenvalue weighted by atomic mass is 19.4. The van der Waals surface area contributed by atoms with E-state index < -0.39 is 12.0 Å². The van der Waals surface area contributed by atoms with Crippen LogP contribution in [0, 0.1) is 12.3 Å². The van der Waals surface area contributed by atoms with E-state index in [1.54, 1.807) is 19.2 Å². The van der Waals surface area contributed by atoms with E-state index in [0.29, 0.717) is 41.6 Å². The van der Waals surface area contributed by atoms with Gasteiger partial charge in [-0.3, -0.25) is 5.10 Å². The maximum absolute atomic E-state index is 13.1. The molecule has 9 nitrogen and oxygen atoms in total. The fraction of sp³-hybridized carbons (Fsp3) is 0.550. The van der Waals surface area contributed by atoms with Gasteiger partial charge >= 0.3 is 6.18 Å². The monoisotopic (exact) mass is 448 g/mol. The molecule has 2 fully saturated rings. The van der Waals surface area contributed by atoms with E-state index in [2.05, 4.69) is 35.0 Å². The fourth-order valence-corrected chi connectivity index (χ4v) is 4.66. The number of halogens is 3. The molecule has 32 heavy (non-hydrogen) atoms. The van der Waals surface area contributed by atoms with Gasteiger partial charge in [0.1, 0.15) is 11.6 Å². The minimum Gasteiger partial charge on any atom is -0.478 e. The molecule has 1 spiro atoms. The molecule has 2 saturated heterocycles. The molecular weight excluding hydrogens is 425 g/mol. The Labute approximate surface area is 182 Å². The zero-order valence-corrected chi connectivity index (χ0v) is 17.8. The molecule has 0 amide bonds. The first-order valence-electron chi connectivity index (χ1n) is 10.4. The Bertz CT molecular complexity index is 1140. The number of hydrogen-bond acceptors (Lipinski definition) is 8. The van der Waals surface area contributed by atoms with Crippen LogP contribution in [-0.4, -0.2) is 63.4 Å². The van der Waals surface area contributed by atoms with E-state index in [1.165, 1.54) is 7.11 Å². The number of nitrogens with one attached hydrogen (secondary N) is 1. The summed E-state index contributed by atoms with van der Waals surface area (Å²) < 4.78 is 44.6. The minimum absolute atomic E-state index is 0.0580. The maximum atomic E-state index is 13.1. The van der Waals surface area contributed by atoms with Gasteiger partial charge in [0.25, 0.3) is 5.88 Å². The largest absolute Gasteiger partial charge is 0.478 e. The third-order valence-corrected chi connectivity index (χ3v) is 6.42. The topological polar surface area (TPSA) is 96.0 Å². The molecule has 2 aliphatic heterocycles. The van der Waals surface area contributed by atoms with Crippen molar-refractivity contribution >= 4 is 22.8 Å². The summed E-state index contributed by atoms with van der Waals surface area (Å²) in [5.41, 5.74) is 1.55. The summed E-state index contributed by atoms with van der Waals surface area (Å²) in [5, 5.41) is 6.88. The van der Waals surface area contributed by atoms with Gasteiger partial charge in [0.2, 0.25) is 5.82 Å². The number of anilines is 2. The van der Waals surface area contributed by atoms with E-state index in [1.807, 2.05) is 4.90 Å². The van der Waals surface area contributed by atoms with Crippen molar-refractivity contribution in [3.63, 3.8) is 0 Å². The SMILES string of the molecule is COc1n[nH]c2nc(N3CCC4(CCN(c5cc(C)nc(C(F)(F)F)n5)C4)CC3)cnc12. The van der Waals surface area contributed by atoms with Crippen molar-refractivity contribution in [3.05, 3.63) is 23.8 Å². The van der Waals surface area contributed by atoms with Crippen LogP contribution in [0.15, 0.2) is 12.3 Å². The molecule has 5 rings (SSSR count). The number of aromatic nitrogens is 6. The number of aromatic amines is 1. The van der Waals surface area contributed by atoms with Crippen LogP contribution in [0.5, 0.6) is 5.88 Å². The van der Waals surface area contributed by atoms with Crippen molar-refractivity contribution in [1.29, 1.82) is 0 Å². The molecule has 5 heterocycles. The second-order valence-corrected chi connectivity index (χ2v) is 8.51. The molecule has 0 saturated carbocycles. The molecule has 0 aliphatic carbocycles. The first-order chi connectivity index (χ1) is 15.3. The lowest BCUT2D eigenvalue weighted by molar-refractivity contribution is -0.145. The number of hydrogen-bond donors (Lipinski definition) is 1. The highest BCUT2D eigenvalue weighted by Crippen LogP contribution is 2.42. The van der Waals surface area contributed by atoms with Crippen molar-refractivity contribution in [2.24, 2.45) is 5.41 Å². The Kier molecular flexibility index (Phi) is 4.82. The highest BCUT2D eigenvalue weighted by molar-refractivity contribution is 5.77. The molecule has 2 aliphatic rings. The number of methoxy groups -OCH3 is 1. The van der Waals surface area contributed by atoms with Crippen molar-refractivity contribution < 1.29 is 17.9 Å². The van der Waals surface area contributed by atoms with E-state index in [4.69, 9.17) is 4.74 Å². The lowest BCUT2D eigenvalue weighted by atomic mass is 9.78. The highest BCUT2D eigenvalue weighted by Gasteiger charge is 2.42. The van der Waals surface area contributed by atoms with Crippen molar-refractivity contribution in [3.8, 4) is 5.88 Å². The minimum atomic E-state index is -4.55. The number of aryl methyl sites for hydroxylation is 1. The van der Waals surface area contributed by atoms with Crippen LogP contribution in [0.4, 0.5) is 24.8 Å². The Morgan fingerprint density at radius 1 is 1.03 bits per heavy atom.